The molecule has 1 heterocycles. The molecular weight excluding hydrogens is 225 g/mol. The van der Waals surface area contributed by atoms with Gasteiger partial charge in [-0.1, -0.05) is 0 Å². The van der Waals surface area contributed by atoms with Crippen molar-refractivity contribution in [2.75, 3.05) is 13.2 Å². The number of halogens is 3. The summed E-state index contributed by atoms with van der Waals surface area (Å²) >= 11 is 0. The van der Waals surface area contributed by atoms with Crippen LogP contribution >= 0.6 is 0 Å². The summed E-state index contributed by atoms with van der Waals surface area (Å²) in [4.78, 5) is 17.9. The summed E-state index contributed by atoms with van der Waals surface area (Å²) in [6.45, 7) is -1.43. The number of nitrogens with zero attached hydrogens (tertiary/aromatic N) is 2. The average molecular weight is 234 g/mol. The fraction of sp³-hybridized carbons (Fsp3) is 0.444. The molecule has 1 aromatic heterocycles. The van der Waals surface area contributed by atoms with Crippen LogP contribution in [0.3, 0.4) is 0 Å². The number of carbonyl (C=O) groups is 1. The Morgan fingerprint density at radius 3 is 2.81 bits per heavy atom. The van der Waals surface area contributed by atoms with E-state index in [1.165, 1.54) is 12.3 Å². The maximum Gasteiger partial charge on any atom is 0.411 e. The molecule has 88 valence electrons. The Bertz CT molecular complexity index is 355. The van der Waals surface area contributed by atoms with Crippen molar-refractivity contribution in [3.8, 4) is 0 Å². The Morgan fingerprint density at radius 1 is 1.44 bits per heavy atom. The van der Waals surface area contributed by atoms with Gasteiger partial charge < -0.3 is 4.74 Å². The molecule has 0 radical (unpaired) electrons. The van der Waals surface area contributed by atoms with Crippen molar-refractivity contribution in [1.82, 2.24) is 9.97 Å². The molecular formula is C9H9F3N2O2. The first-order chi connectivity index (χ1) is 7.51. The van der Waals surface area contributed by atoms with Crippen molar-refractivity contribution in [3.63, 3.8) is 0 Å². The van der Waals surface area contributed by atoms with Gasteiger partial charge in [0.05, 0.1) is 6.61 Å². The van der Waals surface area contributed by atoms with Crippen LogP contribution in [0.1, 0.15) is 16.3 Å². The average Bonchev–Trinajstić information content (AvgIpc) is 2.23. The first-order valence-corrected chi connectivity index (χ1v) is 4.43. The first kappa shape index (κ1) is 12.6. The van der Waals surface area contributed by atoms with Gasteiger partial charge in [-0.3, -0.25) is 4.79 Å². The second-order valence-corrected chi connectivity index (χ2v) is 2.93. The predicted molar refractivity (Wildman–Crippen MR) is 48.0 cm³/mol. The van der Waals surface area contributed by atoms with Crippen LogP contribution in [-0.4, -0.2) is 35.6 Å². The van der Waals surface area contributed by atoms with E-state index in [2.05, 4.69) is 14.7 Å². The third kappa shape index (κ3) is 4.83. The van der Waals surface area contributed by atoms with Crippen LogP contribution in [-0.2, 0) is 11.2 Å². The molecule has 0 saturated carbocycles. The maximum absolute atomic E-state index is 11.7. The minimum absolute atomic E-state index is 0.137. The molecule has 0 aliphatic heterocycles. The number of ether oxygens (including phenoxy) is 1. The number of aromatic nitrogens is 2. The zero-order chi connectivity index (χ0) is 12.0. The summed E-state index contributed by atoms with van der Waals surface area (Å²) in [5.41, 5.74) is 0.195. The van der Waals surface area contributed by atoms with Gasteiger partial charge in [0, 0.05) is 12.6 Å². The molecule has 0 spiro atoms. The second kappa shape index (κ2) is 5.55. The number of rotatable bonds is 5. The Kier molecular flexibility index (Phi) is 4.36. The van der Waals surface area contributed by atoms with Crippen LogP contribution in [0, 0.1) is 0 Å². The van der Waals surface area contributed by atoms with Gasteiger partial charge in [0.2, 0.25) is 0 Å². The van der Waals surface area contributed by atoms with E-state index in [0.29, 0.717) is 6.29 Å². The van der Waals surface area contributed by atoms with Crippen molar-refractivity contribution in [2.45, 2.75) is 12.6 Å². The number of alkyl halides is 3. The molecule has 0 atom stereocenters. The van der Waals surface area contributed by atoms with Crippen LogP contribution < -0.4 is 0 Å². The first-order valence-electron chi connectivity index (χ1n) is 4.43. The van der Waals surface area contributed by atoms with Gasteiger partial charge in [0.25, 0.3) is 0 Å². The molecule has 0 N–H and O–H groups in total. The predicted octanol–water partition coefficient (Wildman–Crippen LogP) is 1.41. The quantitative estimate of drug-likeness (QED) is 0.571. The van der Waals surface area contributed by atoms with Gasteiger partial charge in [-0.15, -0.1) is 0 Å². The van der Waals surface area contributed by atoms with Crippen molar-refractivity contribution in [1.29, 1.82) is 0 Å². The van der Waals surface area contributed by atoms with Crippen LogP contribution in [0.15, 0.2) is 12.3 Å². The molecule has 0 aliphatic carbocycles. The monoisotopic (exact) mass is 234 g/mol. The van der Waals surface area contributed by atoms with Crippen LogP contribution in [0.5, 0.6) is 0 Å². The zero-order valence-corrected chi connectivity index (χ0v) is 8.20. The molecule has 1 aromatic rings. The lowest BCUT2D eigenvalue weighted by Gasteiger charge is -2.06. The molecule has 1 rings (SSSR count). The highest BCUT2D eigenvalue weighted by molar-refractivity contribution is 5.71. The Labute approximate surface area is 89.5 Å². The highest BCUT2D eigenvalue weighted by Gasteiger charge is 2.27. The second-order valence-electron chi connectivity index (χ2n) is 2.93. The molecule has 0 aromatic carbocycles. The van der Waals surface area contributed by atoms with Gasteiger partial charge >= 0.3 is 6.18 Å². The minimum atomic E-state index is -4.33. The topological polar surface area (TPSA) is 52.1 Å². The Hall–Kier alpha value is -1.50. The molecule has 0 saturated heterocycles. The zero-order valence-electron chi connectivity index (χ0n) is 8.20. The van der Waals surface area contributed by atoms with Gasteiger partial charge in [-0.25, -0.2) is 9.97 Å². The van der Waals surface area contributed by atoms with E-state index < -0.39 is 12.8 Å². The van der Waals surface area contributed by atoms with E-state index >= 15 is 0 Å². The van der Waals surface area contributed by atoms with Crippen molar-refractivity contribution in [2.24, 2.45) is 0 Å². The standard InChI is InChI=1S/C9H9F3N2O2/c10-9(11,12)6-16-4-2-8-13-3-1-7(5-15)14-8/h1,3,5H,2,4,6H2. The van der Waals surface area contributed by atoms with E-state index in [1.54, 1.807) is 0 Å². The Balaban J connectivity index is 2.34. The molecule has 0 aliphatic rings. The highest BCUT2D eigenvalue weighted by atomic mass is 19.4. The molecule has 0 fully saturated rings. The van der Waals surface area contributed by atoms with Crippen LogP contribution in [0.2, 0.25) is 0 Å². The summed E-state index contributed by atoms with van der Waals surface area (Å²) in [6, 6.07) is 1.41. The Morgan fingerprint density at radius 2 is 2.19 bits per heavy atom. The maximum atomic E-state index is 11.7. The summed E-state index contributed by atoms with van der Waals surface area (Å²) < 4.78 is 39.5. The van der Waals surface area contributed by atoms with Crippen LogP contribution in [0.25, 0.3) is 0 Å². The van der Waals surface area contributed by atoms with E-state index in [9.17, 15) is 18.0 Å². The highest BCUT2D eigenvalue weighted by Crippen LogP contribution is 2.14. The van der Waals surface area contributed by atoms with Gasteiger partial charge in [0.15, 0.2) is 6.29 Å². The van der Waals surface area contributed by atoms with Gasteiger partial charge in [-0.2, -0.15) is 13.2 Å². The normalized spacial score (nSPS) is 11.4. The molecule has 0 unspecified atom stereocenters. The third-order valence-corrected chi connectivity index (χ3v) is 1.58. The number of hydrogen-bond acceptors (Lipinski definition) is 4. The van der Waals surface area contributed by atoms with Crippen molar-refractivity contribution < 1.29 is 22.7 Å². The van der Waals surface area contributed by atoms with E-state index in [0.717, 1.165) is 0 Å². The minimum Gasteiger partial charge on any atom is -0.372 e. The van der Waals surface area contributed by atoms with Gasteiger partial charge in [-0.05, 0) is 6.07 Å². The van der Waals surface area contributed by atoms with E-state index in [4.69, 9.17) is 0 Å². The molecule has 4 nitrogen and oxygen atoms in total. The summed E-state index contributed by atoms with van der Waals surface area (Å²) in [5.74, 6) is 0.284. The lowest BCUT2D eigenvalue weighted by Crippen LogP contribution is -2.18. The third-order valence-electron chi connectivity index (χ3n) is 1.58. The summed E-state index contributed by atoms with van der Waals surface area (Å²) in [5, 5.41) is 0. The summed E-state index contributed by atoms with van der Waals surface area (Å²) in [7, 11) is 0. The number of carbonyl (C=O) groups excluding carboxylic acids is 1. The SMILES string of the molecule is O=Cc1ccnc(CCOCC(F)(F)F)n1. The van der Waals surface area contributed by atoms with Crippen molar-refractivity contribution in [3.05, 3.63) is 23.8 Å². The van der Waals surface area contributed by atoms with E-state index in [-0.39, 0.29) is 24.5 Å². The number of aldehydes is 1. The summed E-state index contributed by atoms with van der Waals surface area (Å²) in [6.07, 6.45) is -2.28. The fourth-order valence-electron chi connectivity index (χ4n) is 0.952. The molecule has 7 heteroatoms. The lowest BCUT2D eigenvalue weighted by atomic mass is 10.4. The smallest absolute Gasteiger partial charge is 0.372 e. The molecule has 0 bridgehead atoms. The van der Waals surface area contributed by atoms with Gasteiger partial charge in [0.1, 0.15) is 18.1 Å². The largest absolute Gasteiger partial charge is 0.411 e. The van der Waals surface area contributed by atoms with Crippen LogP contribution in [0.4, 0.5) is 13.2 Å². The fourth-order valence-corrected chi connectivity index (χ4v) is 0.952. The number of hydrogen-bond donors (Lipinski definition) is 0. The molecule has 0 amide bonds. The van der Waals surface area contributed by atoms with Crippen molar-refractivity contribution >= 4 is 6.29 Å². The lowest BCUT2D eigenvalue weighted by molar-refractivity contribution is -0.173. The van der Waals surface area contributed by atoms with E-state index in [1.807, 2.05) is 0 Å². The molecule has 16 heavy (non-hydrogen) atoms.